The normalized spacial score (nSPS) is 12.3. The van der Waals surface area contributed by atoms with Gasteiger partial charge >= 0.3 is 0 Å². The molecular formula is C28H18S2. The van der Waals surface area contributed by atoms with Crippen LogP contribution in [-0.4, -0.2) is 0 Å². The van der Waals surface area contributed by atoms with Crippen LogP contribution in [-0.2, 0) is 0 Å². The smallest absolute Gasteiger partial charge is 0.0437 e. The van der Waals surface area contributed by atoms with Gasteiger partial charge in [0, 0.05) is 41.6 Å². The second kappa shape index (κ2) is 5.81. The fraction of sp³-hybridized carbons (Fsp3) is 0.0714. The van der Waals surface area contributed by atoms with Crippen molar-refractivity contribution in [2.24, 2.45) is 0 Å². The van der Waals surface area contributed by atoms with Gasteiger partial charge in [-0.15, -0.1) is 22.7 Å². The monoisotopic (exact) mass is 418 g/mol. The fourth-order valence-electron chi connectivity index (χ4n) is 5.24. The Morgan fingerprint density at radius 1 is 0.567 bits per heavy atom. The molecule has 2 heteroatoms. The zero-order valence-electron chi connectivity index (χ0n) is 16.7. The van der Waals surface area contributed by atoms with E-state index in [0.29, 0.717) is 0 Å². The first-order chi connectivity index (χ1) is 14.7. The highest BCUT2D eigenvalue weighted by Crippen LogP contribution is 2.58. The third-order valence-electron chi connectivity index (χ3n) is 6.37. The van der Waals surface area contributed by atoms with E-state index in [0.717, 1.165) is 0 Å². The number of rotatable bonds is 1. The highest BCUT2D eigenvalue weighted by Gasteiger charge is 2.30. The van der Waals surface area contributed by atoms with Gasteiger partial charge in [0.2, 0.25) is 0 Å². The molecule has 1 aliphatic carbocycles. The third kappa shape index (κ3) is 2.05. The summed E-state index contributed by atoms with van der Waals surface area (Å²) in [6.07, 6.45) is 0. The molecule has 0 fully saturated rings. The summed E-state index contributed by atoms with van der Waals surface area (Å²) in [4.78, 5) is 5.54. The van der Waals surface area contributed by atoms with Gasteiger partial charge in [-0.3, -0.25) is 0 Å². The number of thiophene rings is 2. The van der Waals surface area contributed by atoms with E-state index in [1.165, 1.54) is 74.1 Å². The average Bonchev–Trinajstić information content (AvgIpc) is 3.43. The van der Waals surface area contributed by atoms with Crippen molar-refractivity contribution in [1.82, 2.24) is 0 Å². The molecule has 0 atom stereocenters. The Kier molecular flexibility index (Phi) is 3.26. The van der Waals surface area contributed by atoms with Gasteiger partial charge in [0.15, 0.2) is 0 Å². The van der Waals surface area contributed by atoms with Gasteiger partial charge in [0.25, 0.3) is 0 Å². The molecule has 7 rings (SSSR count). The largest absolute Gasteiger partial charge is 0.141 e. The van der Waals surface area contributed by atoms with Crippen molar-refractivity contribution in [1.29, 1.82) is 0 Å². The van der Waals surface area contributed by atoms with E-state index < -0.39 is 0 Å². The summed E-state index contributed by atoms with van der Waals surface area (Å²) in [7, 11) is 0. The molecule has 6 aromatic rings. The Balaban J connectivity index is 1.83. The second-order valence-corrected chi connectivity index (χ2v) is 10.7. The van der Waals surface area contributed by atoms with Crippen molar-refractivity contribution >= 4 is 55.0 Å². The molecule has 1 aliphatic rings. The van der Waals surface area contributed by atoms with E-state index in [2.05, 4.69) is 86.6 Å². The highest BCUT2D eigenvalue weighted by atomic mass is 32.1. The Morgan fingerprint density at radius 2 is 1.30 bits per heavy atom. The first-order valence-corrected chi connectivity index (χ1v) is 11.9. The van der Waals surface area contributed by atoms with E-state index in [9.17, 15) is 0 Å². The van der Waals surface area contributed by atoms with Crippen molar-refractivity contribution in [2.45, 2.75) is 13.8 Å². The predicted octanol–water partition coefficient (Wildman–Crippen LogP) is 9.20. The highest BCUT2D eigenvalue weighted by molar-refractivity contribution is 7.16. The molecule has 2 heterocycles. The average molecular weight is 419 g/mol. The molecule has 30 heavy (non-hydrogen) atoms. The summed E-state index contributed by atoms with van der Waals surface area (Å²) >= 11 is 3.84. The Hall–Kier alpha value is -2.94. The van der Waals surface area contributed by atoms with Crippen LogP contribution in [0.1, 0.15) is 9.75 Å². The Labute approximate surface area is 183 Å². The van der Waals surface area contributed by atoms with Gasteiger partial charge in [-0.05, 0) is 70.6 Å². The van der Waals surface area contributed by atoms with Gasteiger partial charge in [-0.2, -0.15) is 0 Å². The SMILES string of the molecule is Cc1ccc(-c2c3ccccc3c3c4c(c5ccccc5cc24)-c2cc(C)sc2-3)s1. The second-order valence-electron chi connectivity index (χ2n) is 8.20. The number of hydrogen-bond donors (Lipinski definition) is 0. The molecule has 0 spiro atoms. The number of aryl methyl sites for hydroxylation is 2. The molecule has 0 saturated carbocycles. The lowest BCUT2D eigenvalue weighted by atomic mass is 9.89. The van der Waals surface area contributed by atoms with Crippen LogP contribution in [0.5, 0.6) is 0 Å². The first kappa shape index (κ1) is 16.8. The van der Waals surface area contributed by atoms with E-state index in [1.807, 2.05) is 22.7 Å². The van der Waals surface area contributed by atoms with Crippen LogP contribution in [0.15, 0.2) is 72.8 Å². The summed E-state index contributed by atoms with van der Waals surface area (Å²) in [6.45, 7) is 4.43. The van der Waals surface area contributed by atoms with Crippen molar-refractivity contribution in [3.8, 4) is 32.0 Å². The number of hydrogen-bond acceptors (Lipinski definition) is 2. The number of fused-ring (bicyclic) bond motifs is 7. The predicted molar refractivity (Wildman–Crippen MR) is 134 cm³/mol. The molecule has 0 bridgehead atoms. The lowest BCUT2D eigenvalue weighted by molar-refractivity contribution is 1.64. The molecule has 0 radical (unpaired) electrons. The molecule has 0 N–H and O–H groups in total. The zero-order chi connectivity index (χ0) is 20.0. The molecule has 0 saturated heterocycles. The van der Waals surface area contributed by atoms with E-state index in [4.69, 9.17) is 0 Å². The first-order valence-electron chi connectivity index (χ1n) is 10.3. The summed E-state index contributed by atoms with van der Waals surface area (Å²) in [6, 6.07) is 27.3. The molecule has 0 aliphatic heterocycles. The molecular weight excluding hydrogens is 400 g/mol. The molecule has 0 amide bonds. The lowest BCUT2D eigenvalue weighted by Gasteiger charge is -2.15. The standard InChI is InChI=1S/C28H18S2/c1-15-11-12-23(29-15)24-19-9-5-6-10-20(19)27-26-21(24)14-17-7-3-4-8-18(17)25(26)22-13-16(2)30-28(22)27/h3-14H,1-2H3. The van der Waals surface area contributed by atoms with E-state index >= 15 is 0 Å². The van der Waals surface area contributed by atoms with Gasteiger partial charge in [-0.1, -0.05) is 48.5 Å². The maximum absolute atomic E-state index is 2.43. The molecule has 4 aromatic carbocycles. The van der Waals surface area contributed by atoms with Gasteiger partial charge in [-0.25, -0.2) is 0 Å². The lowest BCUT2D eigenvalue weighted by Crippen LogP contribution is -1.88. The zero-order valence-corrected chi connectivity index (χ0v) is 18.4. The van der Waals surface area contributed by atoms with Crippen molar-refractivity contribution < 1.29 is 0 Å². The van der Waals surface area contributed by atoms with Crippen LogP contribution in [0.3, 0.4) is 0 Å². The summed E-state index contributed by atoms with van der Waals surface area (Å²) in [5.74, 6) is 0. The molecule has 142 valence electrons. The molecule has 0 nitrogen and oxygen atoms in total. The van der Waals surface area contributed by atoms with Crippen LogP contribution < -0.4 is 0 Å². The minimum absolute atomic E-state index is 1.33. The van der Waals surface area contributed by atoms with Gasteiger partial charge in [0.1, 0.15) is 0 Å². The number of benzene rings is 4. The van der Waals surface area contributed by atoms with Crippen LogP contribution in [0.25, 0.3) is 64.3 Å². The fourth-order valence-corrected chi connectivity index (χ4v) is 7.26. The minimum Gasteiger partial charge on any atom is -0.141 e. The Bertz CT molecular complexity index is 1620. The summed E-state index contributed by atoms with van der Waals surface area (Å²) in [5.41, 5.74) is 5.67. The maximum atomic E-state index is 2.43. The van der Waals surface area contributed by atoms with Crippen LogP contribution in [0.2, 0.25) is 0 Å². The quantitative estimate of drug-likeness (QED) is 0.233. The van der Waals surface area contributed by atoms with E-state index in [-0.39, 0.29) is 0 Å². The molecule has 2 aromatic heterocycles. The molecule has 0 unspecified atom stereocenters. The van der Waals surface area contributed by atoms with Crippen LogP contribution in [0.4, 0.5) is 0 Å². The summed E-state index contributed by atoms with van der Waals surface area (Å²) in [5, 5.41) is 8.26. The van der Waals surface area contributed by atoms with Gasteiger partial charge < -0.3 is 0 Å². The van der Waals surface area contributed by atoms with Crippen molar-refractivity contribution in [3.63, 3.8) is 0 Å². The third-order valence-corrected chi connectivity index (χ3v) is 8.46. The summed E-state index contributed by atoms with van der Waals surface area (Å²) < 4.78 is 0. The minimum atomic E-state index is 1.33. The van der Waals surface area contributed by atoms with Crippen LogP contribution in [0, 0.1) is 13.8 Å². The van der Waals surface area contributed by atoms with Crippen molar-refractivity contribution in [3.05, 3.63) is 82.6 Å². The Morgan fingerprint density at radius 3 is 2.07 bits per heavy atom. The topological polar surface area (TPSA) is 0 Å². The van der Waals surface area contributed by atoms with Gasteiger partial charge in [0.05, 0.1) is 0 Å². The van der Waals surface area contributed by atoms with Crippen LogP contribution >= 0.6 is 22.7 Å². The van der Waals surface area contributed by atoms with Crippen molar-refractivity contribution in [2.75, 3.05) is 0 Å². The maximum Gasteiger partial charge on any atom is 0.0437 e. The van der Waals surface area contributed by atoms with E-state index in [1.54, 1.807) is 0 Å².